The lowest BCUT2D eigenvalue weighted by molar-refractivity contribution is 0.290. The standard InChI is InChI=1S/C9H13BrN2O/c1-12(5-2-6-13)9-7-8(10)3-4-11-9/h3-4,7,13H,2,5-6H2,1H3. The predicted molar refractivity (Wildman–Crippen MR) is 56.9 cm³/mol. The van der Waals surface area contributed by atoms with E-state index < -0.39 is 0 Å². The summed E-state index contributed by atoms with van der Waals surface area (Å²) in [5, 5.41) is 8.66. The number of aliphatic hydroxyl groups is 1. The second-order valence-corrected chi connectivity index (χ2v) is 3.75. The lowest BCUT2D eigenvalue weighted by Gasteiger charge is -2.17. The molecule has 3 nitrogen and oxygen atoms in total. The van der Waals surface area contributed by atoms with Crippen molar-refractivity contribution >= 4 is 21.7 Å². The Kier molecular flexibility index (Phi) is 4.18. The molecule has 0 saturated heterocycles. The van der Waals surface area contributed by atoms with Crippen molar-refractivity contribution in [3.05, 3.63) is 22.8 Å². The van der Waals surface area contributed by atoms with Gasteiger partial charge in [0.2, 0.25) is 0 Å². The van der Waals surface area contributed by atoms with E-state index in [9.17, 15) is 0 Å². The number of anilines is 1. The molecule has 0 aliphatic rings. The molecule has 0 fully saturated rings. The highest BCUT2D eigenvalue weighted by Crippen LogP contribution is 2.15. The molecule has 0 unspecified atom stereocenters. The van der Waals surface area contributed by atoms with Crippen LogP contribution in [0.15, 0.2) is 22.8 Å². The molecule has 72 valence electrons. The van der Waals surface area contributed by atoms with Crippen LogP contribution in [-0.4, -0.2) is 30.3 Å². The van der Waals surface area contributed by atoms with Gasteiger partial charge >= 0.3 is 0 Å². The third-order valence-corrected chi connectivity index (χ3v) is 2.24. The first-order chi connectivity index (χ1) is 6.24. The second-order valence-electron chi connectivity index (χ2n) is 2.83. The molecule has 0 amide bonds. The molecule has 0 aromatic carbocycles. The molecule has 1 aromatic heterocycles. The van der Waals surface area contributed by atoms with Gasteiger partial charge in [-0.05, 0) is 18.6 Å². The Morgan fingerprint density at radius 2 is 2.38 bits per heavy atom. The summed E-state index contributed by atoms with van der Waals surface area (Å²) in [4.78, 5) is 6.22. The van der Waals surface area contributed by atoms with Gasteiger partial charge in [-0.1, -0.05) is 15.9 Å². The lowest BCUT2D eigenvalue weighted by Crippen LogP contribution is -2.20. The fourth-order valence-electron chi connectivity index (χ4n) is 1.02. The van der Waals surface area contributed by atoms with E-state index in [4.69, 9.17) is 5.11 Å². The summed E-state index contributed by atoms with van der Waals surface area (Å²) < 4.78 is 1.02. The van der Waals surface area contributed by atoms with Crippen LogP contribution in [0.25, 0.3) is 0 Å². The van der Waals surface area contributed by atoms with Crippen LogP contribution in [0, 0.1) is 0 Å². The summed E-state index contributed by atoms with van der Waals surface area (Å²) in [6.07, 6.45) is 2.53. The van der Waals surface area contributed by atoms with Crippen LogP contribution in [-0.2, 0) is 0 Å². The highest BCUT2D eigenvalue weighted by atomic mass is 79.9. The SMILES string of the molecule is CN(CCCO)c1cc(Br)ccn1. The van der Waals surface area contributed by atoms with Crippen LogP contribution in [0.1, 0.15) is 6.42 Å². The van der Waals surface area contributed by atoms with Crippen molar-refractivity contribution in [2.45, 2.75) is 6.42 Å². The molecule has 1 rings (SSSR count). The quantitative estimate of drug-likeness (QED) is 0.876. The Hall–Kier alpha value is -0.610. The van der Waals surface area contributed by atoms with Crippen LogP contribution >= 0.6 is 15.9 Å². The van der Waals surface area contributed by atoms with Crippen LogP contribution in [0.4, 0.5) is 5.82 Å². The summed E-state index contributed by atoms with van der Waals surface area (Å²) in [6.45, 7) is 1.04. The summed E-state index contributed by atoms with van der Waals surface area (Å²) in [7, 11) is 1.96. The number of halogens is 1. The first-order valence-electron chi connectivity index (χ1n) is 4.17. The van der Waals surface area contributed by atoms with Gasteiger partial charge in [-0.2, -0.15) is 0 Å². The number of aliphatic hydroxyl groups excluding tert-OH is 1. The van der Waals surface area contributed by atoms with Gasteiger partial charge in [0.15, 0.2) is 0 Å². The van der Waals surface area contributed by atoms with Crippen LogP contribution in [0.5, 0.6) is 0 Å². The number of aromatic nitrogens is 1. The number of nitrogens with zero attached hydrogens (tertiary/aromatic N) is 2. The molecule has 0 radical (unpaired) electrons. The van der Waals surface area contributed by atoms with Crippen LogP contribution in [0.3, 0.4) is 0 Å². The fourth-order valence-corrected chi connectivity index (χ4v) is 1.35. The van der Waals surface area contributed by atoms with Crippen molar-refractivity contribution in [1.29, 1.82) is 0 Å². The largest absolute Gasteiger partial charge is 0.396 e. The van der Waals surface area contributed by atoms with Crippen molar-refractivity contribution < 1.29 is 5.11 Å². The van der Waals surface area contributed by atoms with E-state index in [-0.39, 0.29) is 6.61 Å². The second kappa shape index (κ2) is 5.19. The minimum atomic E-state index is 0.221. The summed E-state index contributed by atoms with van der Waals surface area (Å²) in [6, 6.07) is 3.85. The number of pyridine rings is 1. The van der Waals surface area contributed by atoms with Crippen molar-refractivity contribution in [1.82, 2.24) is 4.98 Å². The van der Waals surface area contributed by atoms with Gasteiger partial charge in [0.25, 0.3) is 0 Å². The van der Waals surface area contributed by atoms with Gasteiger partial charge in [0.1, 0.15) is 5.82 Å². The molecule has 0 spiro atoms. The average Bonchev–Trinajstić information content (AvgIpc) is 2.14. The highest BCUT2D eigenvalue weighted by molar-refractivity contribution is 9.10. The molecule has 0 saturated carbocycles. The molecular weight excluding hydrogens is 232 g/mol. The van der Waals surface area contributed by atoms with E-state index >= 15 is 0 Å². The van der Waals surface area contributed by atoms with Gasteiger partial charge in [-0.15, -0.1) is 0 Å². The predicted octanol–water partition coefficient (Wildman–Crippen LogP) is 1.66. The van der Waals surface area contributed by atoms with Crippen molar-refractivity contribution in [3.63, 3.8) is 0 Å². The molecule has 4 heteroatoms. The molecule has 1 heterocycles. The topological polar surface area (TPSA) is 36.4 Å². The molecule has 13 heavy (non-hydrogen) atoms. The van der Waals surface area contributed by atoms with Crippen LogP contribution in [0.2, 0.25) is 0 Å². The number of rotatable bonds is 4. The average molecular weight is 245 g/mol. The maximum atomic E-state index is 8.66. The Labute approximate surface area is 86.5 Å². The first-order valence-corrected chi connectivity index (χ1v) is 4.97. The van der Waals surface area contributed by atoms with E-state index in [1.165, 1.54) is 0 Å². The van der Waals surface area contributed by atoms with Crippen molar-refractivity contribution in [2.24, 2.45) is 0 Å². The maximum Gasteiger partial charge on any atom is 0.129 e. The third kappa shape index (κ3) is 3.32. The van der Waals surface area contributed by atoms with Crippen molar-refractivity contribution in [2.75, 3.05) is 25.1 Å². The Morgan fingerprint density at radius 3 is 3.00 bits per heavy atom. The van der Waals surface area contributed by atoms with Gasteiger partial charge in [0, 0.05) is 30.9 Å². The van der Waals surface area contributed by atoms with E-state index in [0.29, 0.717) is 0 Å². The monoisotopic (exact) mass is 244 g/mol. The smallest absolute Gasteiger partial charge is 0.129 e. The summed E-state index contributed by atoms with van der Waals surface area (Å²) >= 11 is 3.38. The summed E-state index contributed by atoms with van der Waals surface area (Å²) in [5.74, 6) is 0.919. The molecule has 0 atom stereocenters. The Morgan fingerprint density at radius 1 is 1.62 bits per heavy atom. The highest BCUT2D eigenvalue weighted by Gasteiger charge is 2.01. The lowest BCUT2D eigenvalue weighted by atomic mass is 10.4. The summed E-state index contributed by atoms with van der Waals surface area (Å²) in [5.41, 5.74) is 0. The van der Waals surface area contributed by atoms with E-state index in [1.54, 1.807) is 6.20 Å². The number of hydrogen-bond acceptors (Lipinski definition) is 3. The molecule has 1 aromatic rings. The molecule has 0 aliphatic carbocycles. The zero-order valence-corrected chi connectivity index (χ0v) is 9.16. The van der Waals surface area contributed by atoms with Gasteiger partial charge < -0.3 is 10.0 Å². The first kappa shape index (κ1) is 10.5. The van der Waals surface area contributed by atoms with E-state index in [0.717, 1.165) is 23.3 Å². The van der Waals surface area contributed by atoms with E-state index in [1.807, 2.05) is 24.1 Å². The van der Waals surface area contributed by atoms with Gasteiger partial charge in [-0.3, -0.25) is 0 Å². The number of hydrogen-bond donors (Lipinski definition) is 1. The van der Waals surface area contributed by atoms with Gasteiger partial charge in [-0.25, -0.2) is 4.98 Å². The van der Waals surface area contributed by atoms with Gasteiger partial charge in [0.05, 0.1) is 0 Å². The normalized spacial score (nSPS) is 10.1. The molecule has 0 aliphatic heterocycles. The minimum absolute atomic E-state index is 0.221. The zero-order valence-electron chi connectivity index (χ0n) is 7.57. The van der Waals surface area contributed by atoms with Crippen molar-refractivity contribution in [3.8, 4) is 0 Å². The third-order valence-electron chi connectivity index (χ3n) is 1.75. The maximum absolute atomic E-state index is 8.66. The molecular formula is C9H13BrN2O. The van der Waals surface area contributed by atoms with Crippen LogP contribution < -0.4 is 4.90 Å². The fraction of sp³-hybridized carbons (Fsp3) is 0.444. The molecule has 0 bridgehead atoms. The zero-order chi connectivity index (χ0) is 9.68. The molecule has 1 N–H and O–H groups in total. The minimum Gasteiger partial charge on any atom is -0.396 e. The Bertz CT molecular complexity index is 268. The Balaban J connectivity index is 2.60. The van der Waals surface area contributed by atoms with E-state index in [2.05, 4.69) is 20.9 Å².